The van der Waals surface area contributed by atoms with E-state index in [0.717, 1.165) is 5.56 Å². The van der Waals surface area contributed by atoms with Crippen molar-refractivity contribution in [2.75, 3.05) is 17.7 Å². The zero-order valence-corrected chi connectivity index (χ0v) is 15.6. The van der Waals surface area contributed by atoms with Gasteiger partial charge in [-0.2, -0.15) is 0 Å². The summed E-state index contributed by atoms with van der Waals surface area (Å²) >= 11 is 0. The summed E-state index contributed by atoms with van der Waals surface area (Å²) in [6.45, 7) is 2.60. The largest absolute Gasteiger partial charge is 0.465 e. The molecule has 1 heterocycles. The average molecular weight is 376 g/mol. The van der Waals surface area contributed by atoms with Crippen molar-refractivity contribution in [3.05, 3.63) is 83.2 Å². The Morgan fingerprint density at radius 3 is 2.50 bits per heavy atom. The lowest BCUT2D eigenvalue weighted by molar-refractivity contribution is 0.0600. The lowest BCUT2D eigenvalue weighted by Crippen LogP contribution is -2.15. The van der Waals surface area contributed by atoms with Crippen LogP contribution in [0.4, 0.5) is 11.6 Å². The molecule has 2 aromatic carbocycles. The Bertz CT molecular complexity index is 987. The SMILES string of the molecule is COC(=O)c1ccc(NC(=O)c2ccnc(NCc3ccccc3C)n2)cc1. The summed E-state index contributed by atoms with van der Waals surface area (Å²) < 4.78 is 4.65. The molecule has 0 aliphatic heterocycles. The van der Waals surface area contributed by atoms with Crippen molar-refractivity contribution in [1.82, 2.24) is 9.97 Å². The van der Waals surface area contributed by atoms with Crippen LogP contribution in [0.5, 0.6) is 0 Å². The van der Waals surface area contributed by atoms with Crippen molar-refractivity contribution in [3.63, 3.8) is 0 Å². The van der Waals surface area contributed by atoms with E-state index >= 15 is 0 Å². The van der Waals surface area contributed by atoms with Gasteiger partial charge in [0, 0.05) is 18.4 Å². The Labute approximate surface area is 162 Å². The van der Waals surface area contributed by atoms with Gasteiger partial charge in [0.2, 0.25) is 5.95 Å². The summed E-state index contributed by atoms with van der Waals surface area (Å²) in [5, 5.41) is 5.88. The number of hydrogen-bond donors (Lipinski definition) is 2. The molecule has 0 radical (unpaired) electrons. The van der Waals surface area contributed by atoms with Gasteiger partial charge < -0.3 is 15.4 Å². The highest BCUT2D eigenvalue weighted by Crippen LogP contribution is 2.13. The van der Waals surface area contributed by atoms with Crippen molar-refractivity contribution < 1.29 is 14.3 Å². The first-order valence-corrected chi connectivity index (χ1v) is 8.68. The number of hydrogen-bond acceptors (Lipinski definition) is 6. The van der Waals surface area contributed by atoms with Crippen molar-refractivity contribution in [2.24, 2.45) is 0 Å². The molecule has 0 saturated heterocycles. The Kier molecular flexibility index (Phi) is 5.96. The van der Waals surface area contributed by atoms with Gasteiger partial charge in [0.1, 0.15) is 5.69 Å². The number of benzene rings is 2. The molecule has 0 unspecified atom stereocenters. The second-order valence-corrected chi connectivity index (χ2v) is 6.07. The van der Waals surface area contributed by atoms with Crippen LogP contribution in [0.15, 0.2) is 60.8 Å². The molecule has 2 N–H and O–H groups in total. The molecule has 142 valence electrons. The standard InChI is InChI=1S/C21H20N4O3/c1-14-5-3-4-6-16(14)13-23-21-22-12-11-18(25-21)19(26)24-17-9-7-15(8-10-17)20(27)28-2/h3-12H,13H2,1-2H3,(H,24,26)(H,22,23,25). The van der Waals surface area contributed by atoms with Gasteiger partial charge in [0.25, 0.3) is 5.91 Å². The van der Waals surface area contributed by atoms with Crippen LogP contribution in [0.3, 0.4) is 0 Å². The summed E-state index contributed by atoms with van der Waals surface area (Å²) in [4.78, 5) is 32.3. The van der Waals surface area contributed by atoms with Gasteiger partial charge in [-0.3, -0.25) is 4.79 Å². The van der Waals surface area contributed by atoms with Crippen LogP contribution >= 0.6 is 0 Å². The number of nitrogens with one attached hydrogen (secondary N) is 2. The molecule has 3 rings (SSSR count). The maximum atomic E-state index is 12.4. The number of ether oxygens (including phenoxy) is 1. The normalized spacial score (nSPS) is 10.2. The molecule has 0 aliphatic carbocycles. The fraction of sp³-hybridized carbons (Fsp3) is 0.143. The zero-order chi connectivity index (χ0) is 19.9. The number of methoxy groups -OCH3 is 1. The number of esters is 1. The number of rotatable bonds is 6. The highest BCUT2D eigenvalue weighted by molar-refractivity contribution is 6.03. The first-order valence-electron chi connectivity index (χ1n) is 8.68. The number of nitrogens with zero attached hydrogens (tertiary/aromatic N) is 2. The van der Waals surface area contributed by atoms with Gasteiger partial charge in [0.05, 0.1) is 12.7 Å². The molecular formula is C21H20N4O3. The molecule has 0 aliphatic rings. The Morgan fingerprint density at radius 1 is 1.04 bits per heavy atom. The van der Waals surface area contributed by atoms with E-state index < -0.39 is 5.97 Å². The molecule has 0 fully saturated rings. The minimum absolute atomic E-state index is 0.235. The first-order chi connectivity index (χ1) is 13.6. The van der Waals surface area contributed by atoms with Gasteiger partial charge in [-0.1, -0.05) is 24.3 Å². The van der Waals surface area contributed by atoms with Gasteiger partial charge in [0.15, 0.2) is 0 Å². The fourth-order valence-electron chi connectivity index (χ4n) is 2.56. The number of carbonyl (C=O) groups excluding carboxylic acids is 2. The van der Waals surface area contributed by atoms with Crippen molar-refractivity contribution >= 4 is 23.5 Å². The van der Waals surface area contributed by atoms with E-state index in [1.54, 1.807) is 24.3 Å². The molecule has 0 saturated carbocycles. The average Bonchev–Trinajstić information content (AvgIpc) is 2.73. The van der Waals surface area contributed by atoms with Crippen LogP contribution in [-0.4, -0.2) is 29.0 Å². The monoisotopic (exact) mass is 376 g/mol. The second kappa shape index (κ2) is 8.77. The Hall–Kier alpha value is -3.74. The summed E-state index contributed by atoms with van der Waals surface area (Å²) in [7, 11) is 1.32. The summed E-state index contributed by atoms with van der Waals surface area (Å²) in [6.07, 6.45) is 1.53. The lowest BCUT2D eigenvalue weighted by atomic mass is 10.1. The van der Waals surface area contributed by atoms with E-state index in [0.29, 0.717) is 23.7 Å². The summed E-state index contributed by atoms with van der Waals surface area (Å²) in [5.41, 5.74) is 3.49. The Balaban J connectivity index is 1.65. The van der Waals surface area contributed by atoms with Gasteiger partial charge >= 0.3 is 5.97 Å². The van der Waals surface area contributed by atoms with Crippen molar-refractivity contribution in [2.45, 2.75) is 13.5 Å². The minimum Gasteiger partial charge on any atom is -0.465 e. The fourth-order valence-corrected chi connectivity index (χ4v) is 2.56. The van der Waals surface area contributed by atoms with Crippen LogP contribution in [0.2, 0.25) is 0 Å². The third kappa shape index (κ3) is 4.70. The van der Waals surface area contributed by atoms with Crippen molar-refractivity contribution in [3.8, 4) is 0 Å². The number of aryl methyl sites for hydroxylation is 1. The number of carbonyl (C=O) groups is 2. The molecule has 0 atom stereocenters. The molecular weight excluding hydrogens is 356 g/mol. The Morgan fingerprint density at radius 2 is 1.79 bits per heavy atom. The third-order valence-corrected chi connectivity index (χ3v) is 4.15. The minimum atomic E-state index is -0.432. The van der Waals surface area contributed by atoms with Gasteiger partial charge in [-0.05, 0) is 48.4 Å². The highest BCUT2D eigenvalue weighted by Gasteiger charge is 2.11. The molecule has 7 nitrogen and oxygen atoms in total. The predicted octanol–water partition coefficient (Wildman–Crippen LogP) is 3.44. The van der Waals surface area contributed by atoms with E-state index in [-0.39, 0.29) is 11.6 Å². The van der Waals surface area contributed by atoms with E-state index in [1.807, 2.05) is 31.2 Å². The quantitative estimate of drug-likeness (QED) is 0.640. The first kappa shape index (κ1) is 19.0. The van der Waals surface area contributed by atoms with E-state index in [1.165, 1.54) is 24.9 Å². The molecule has 1 amide bonds. The van der Waals surface area contributed by atoms with E-state index in [9.17, 15) is 9.59 Å². The maximum Gasteiger partial charge on any atom is 0.337 e. The van der Waals surface area contributed by atoms with Gasteiger partial charge in [-0.15, -0.1) is 0 Å². The molecule has 0 bridgehead atoms. The van der Waals surface area contributed by atoms with Crippen LogP contribution < -0.4 is 10.6 Å². The second-order valence-electron chi connectivity index (χ2n) is 6.07. The summed E-state index contributed by atoms with van der Waals surface area (Å²) in [5.74, 6) is -0.429. The van der Waals surface area contributed by atoms with E-state index in [2.05, 4.69) is 25.3 Å². The molecule has 7 heteroatoms. The number of aromatic nitrogens is 2. The van der Waals surface area contributed by atoms with Gasteiger partial charge in [-0.25, -0.2) is 14.8 Å². The molecule has 3 aromatic rings. The topological polar surface area (TPSA) is 93.2 Å². The highest BCUT2D eigenvalue weighted by atomic mass is 16.5. The predicted molar refractivity (Wildman–Crippen MR) is 106 cm³/mol. The maximum absolute atomic E-state index is 12.4. The summed E-state index contributed by atoms with van der Waals surface area (Å²) in [6, 6.07) is 16.0. The van der Waals surface area contributed by atoms with E-state index in [4.69, 9.17) is 0 Å². The number of anilines is 2. The molecule has 28 heavy (non-hydrogen) atoms. The molecule has 1 aromatic heterocycles. The van der Waals surface area contributed by atoms with Crippen LogP contribution in [0, 0.1) is 6.92 Å². The third-order valence-electron chi connectivity index (χ3n) is 4.15. The van der Waals surface area contributed by atoms with Crippen LogP contribution in [-0.2, 0) is 11.3 Å². The smallest absolute Gasteiger partial charge is 0.337 e. The number of amides is 1. The van der Waals surface area contributed by atoms with Crippen molar-refractivity contribution in [1.29, 1.82) is 0 Å². The van der Waals surface area contributed by atoms with Crippen LogP contribution in [0.25, 0.3) is 0 Å². The van der Waals surface area contributed by atoms with Crippen LogP contribution in [0.1, 0.15) is 32.0 Å². The zero-order valence-electron chi connectivity index (χ0n) is 15.6. The lowest BCUT2D eigenvalue weighted by Gasteiger charge is -2.09. The molecule has 0 spiro atoms.